The lowest BCUT2D eigenvalue weighted by Gasteiger charge is -2.11. The third-order valence-electron chi connectivity index (χ3n) is 2.73. The summed E-state index contributed by atoms with van der Waals surface area (Å²) in [4.78, 5) is 9.52. The van der Waals surface area contributed by atoms with Crippen LogP contribution in [0.25, 0.3) is 0 Å². The molecule has 0 radical (unpaired) electrons. The second-order valence-corrected chi connectivity index (χ2v) is 6.55. The minimum absolute atomic E-state index is 0.545. The summed E-state index contributed by atoms with van der Waals surface area (Å²) < 4.78 is 11.6. The van der Waals surface area contributed by atoms with Gasteiger partial charge in [0.05, 0.1) is 23.6 Å². The summed E-state index contributed by atoms with van der Waals surface area (Å²) in [5, 5.41) is 3.36. The van der Waals surface area contributed by atoms with Crippen LogP contribution < -0.4 is 14.8 Å². The molecule has 0 amide bonds. The Hall–Kier alpha value is -1.18. The van der Waals surface area contributed by atoms with Crippen LogP contribution in [0.4, 0.5) is 0 Å². The van der Waals surface area contributed by atoms with Crippen LogP contribution in [0.5, 0.6) is 11.8 Å². The Balaban J connectivity index is 1.90. The number of hydrogen-bond donors (Lipinski definition) is 1. The number of ether oxygens (including phenoxy) is 2. The van der Waals surface area contributed by atoms with Crippen LogP contribution in [0.2, 0.25) is 0 Å². The van der Waals surface area contributed by atoms with Crippen LogP contribution in [0.1, 0.15) is 10.4 Å². The van der Waals surface area contributed by atoms with Gasteiger partial charge in [-0.25, -0.2) is 9.97 Å². The molecule has 2 heterocycles. The maximum Gasteiger partial charge on any atom is 0.224 e. The van der Waals surface area contributed by atoms with Crippen molar-refractivity contribution in [3.8, 4) is 11.8 Å². The zero-order chi connectivity index (χ0) is 14.4. The molecule has 1 N–H and O–H groups in total. The van der Waals surface area contributed by atoms with Gasteiger partial charge in [-0.1, -0.05) is 0 Å². The van der Waals surface area contributed by atoms with E-state index in [0.717, 1.165) is 22.3 Å². The Morgan fingerprint density at radius 1 is 1.20 bits per heavy atom. The Bertz CT molecular complexity index is 540. The lowest BCUT2D eigenvalue weighted by molar-refractivity contribution is 0.359. The predicted octanol–water partition coefficient (Wildman–Crippen LogP) is 2.65. The van der Waals surface area contributed by atoms with Gasteiger partial charge >= 0.3 is 0 Å². The highest BCUT2D eigenvalue weighted by Crippen LogP contribution is 2.24. The summed E-state index contributed by atoms with van der Waals surface area (Å²) >= 11 is 5.22. The molecule has 0 aromatic carbocycles. The zero-order valence-electron chi connectivity index (χ0n) is 11.4. The van der Waals surface area contributed by atoms with Crippen LogP contribution in [-0.4, -0.2) is 30.7 Å². The second-order valence-electron chi connectivity index (χ2n) is 4.00. The monoisotopic (exact) mass is 357 g/mol. The van der Waals surface area contributed by atoms with Crippen LogP contribution >= 0.6 is 27.3 Å². The van der Waals surface area contributed by atoms with Gasteiger partial charge in [0.1, 0.15) is 6.33 Å². The molecule has 7 heteroatoms. The molecule has 5 nitrogen and oxygen atoms in total. The summed E-state index contributed by atoms with van der Waals surface area (Å²) in [6, 6.07) is 4.19. The summed E-state index contributed by atoms with van der Waals surface area (Å²) in [5.41, 5.74) is 0.838. The van der Waals surface area contributed by atoms with E-state index in [4.69, 9.17) is 9.47 Å². The van der Waals surface area contributed by atoms with Crippen molar-refractivity contribution in [1.29, 1.82) is 0 Å². The van der Waals surface area contributed by atoms with Crippen molar-refractivity contribution < 1.29 is 9.47 Å². The molecular formula is C13H16BrN3O2S. The first-order chi connectivity index (χ1) is 9.74. The molecule has 2 rings (SSSR count). The van der Waals surface area contributed by atoms with Gasteiger partial charge in [-0.3, -0.25) is 0 Å². The van der Waals surface area contributed by atoms with Gasteiger partial charge in [0.15, 0.2) is 0 Å². The Labute approximate surface area is 130 Å². The fraction of sp³-hybridized carbons (Fsp3) is 0.385. The van der Waals surface area contributed by atoms with Gasteiger partial charge in [0.25, 0.3) is 0 Å². The SMILES string of the molecule is COc1ncnc(OC)c1CNCCc1ccc(Br)s1. The highest BCUT2D eigenvalue weighted by molar-refractivity contribution is 9.11. The van der Waals surface area contributed by atoms with E-state index >= 15 is 0 Å². The fourth-order valence-electron chi connectivity index (χ4n) is 1.80. The quantitative estimate of drug-likeness (QED) is 0.772. The number of halogens is 1. The first-order valence-electron chi connectivity index (χ1n) is 6.11. The standard InChI is InChI=1S/C13H16BrN3O2S/c1-18-12-10(13(19-2)17-8-16-12)7-15-6-5-9-3-4-11(14)20-9/h3-4,8,15H,5-7H2,1-2H3. The fourth-order valence-corrected chi connectivity index (χ4v) is 3.28. The van der Waals surface area contributed by atoms with Gasteiger partial charge in [-0.15, -0.1) is 11.3 Å². The molecule has 0 atom stereocenters. The van der Waals surface area contributed by atoms with Gasteiger partial charge < -0.3 is 14.8 Å². The topological polar surface area (TPSA) is 56.3 Å². The van der Waals surface area contributed by atoms with E-state index in [9.17, 15) is 0 Å². The van der Waals surface area contributed by atoms with E-state index in [1.54, 1.807) is 25.6 Å². The third kappa shape index (κ3) is 3.91. The second kappa shape index (κ2) is 7.56. The van der Waals surface area contributed by atoms with Gasteiger partial charge in [0, 0.05) is 18.0 Å². The van der Waals surface area contributed by atoms with Crippen molar-refractivity contribution >= 4 is 27.3 Å². The minimum atomic E-state index is 0.545. The molecule has 0 unspecified atom stereocenters. The number of methoxy groups -OCH3 is 2. The Kier molecular flexibility index (Phi) is 5.75. The zero-order valence-corrected chi connectivity index (χ0v) is 13.8. The Morgan fingerprint density at radius 2 is 1.90 bits per heavy atom. The molecule has 0 aliphatic heterocycles. The molecule has 2 aromatic rings. The Morgan fingerprint density at radius 3 is 2.45 bits per heavy atom. The van der Waals surface area contributed by atoms with E-state index < -0.39 is 0 Å². The lowest BCUT2D eigenvalue weighted by atomic mass is 10.3. The first kappa shape index (κ1) is 15.2. The number of aromatic nitrogens is 2. The summed E-state index contributed by atoms with van der Waals surface area (Å²) in [6.07, 6.45) is 2.42. The van der Waals surface area contributed by atoms with E-state index in [1.807, 2.05) is 0 Å². The molecule has 108 valence electrons. The van der Waals surface area contributed by atoms with E-state index in [1.165, 1.54) is 11.2 Å². The summed E-state index contributed by atoms with van der Waals surface area (Å²) in [7, 11) is 3.18. The highest BCUT2D eigenvalue weighted by atomic mass is 79.9. The van der Waals surface area contributed by atoms with Crippen LogP contribution in [-0.2, 0) is 13.0 Å². The average molecular weight is 358 g/mol. The van der Waals surface area contributed by atoms with Crippen LogP contribution in [0.3, 0.4) is 0 Å². The van der Waals surface area contributed by atoms with Crippen molar-refractivity contribution in [2.24, 2.45) is 0 Å². The summed E-state index contributed by atoms with van der Waals surface area (Å²) in [5.74, 6) is 1.09. The van der Waals surface area contributed by atoms with Gasteiger partial charge in [0.2, 0.25) is 11.8 Å². The number of rotatable bonds is 7. The van der Waals surface area contributed by atoms with E-state index in [0.29, 0.717) is 18.3 Å². The number of nitrogens with zero attached hydrogens (tertiary/aromatic N) is 2. The molecular weight excluding hydrogens is 342 g/mol. The molecule has 2 aromatic heterocycles. The van der Waals surface area contributed by atoms with Gasteiger partial charge in [-0.2, -0.15) is 0 Å². The number of nitrogens with one attached hydrogen (secondary N) is 1. The maximum absolute atomic E-state index is 5.23. The van der Waals surface area contributed by atoms with Crippen LogP contribution in [0.15, 0.2) is 22.2 Å². The first-order valence-corrected chi connectivity index (χ1v) is 7.72. The largest absolute Gasteiger partial charge is 0.481 e. The smallest absolute Gasteiger partial charge is 0.224 e. The maximum atomic E-state index is 5.23. The lowest BCUT2D eigenvalue weighted by Crippen LogP contribution is -2.18. The van der Waals surface area contributed by atoms with Crippen molar-refractivity contribution in [2.75, 3.05) is 20.8 Å². The molecule has 0 saturated heterocycles. The van der Waals surface area contributed by atoms with Crippen molar-refractivity contribution in [1.82, 2.24) is 15.3 Å². The van der Waals surface area contributed by atoms with Crippen molar-refractivity contribution in [3.05, 3.63) is 32.7 Å². The van der Waals surface area contributed by atoms with E-state index in [2.05, 4.69) is 43.3 Å². The molecule has 0 spiro atoms. The predicted molar refractivity (Wildman–Crippen MR) is 82.6 cm³/mol. The van der Waals surface area contributed by atoms with E-state index in [-0.39, 0.29) is 0 Å². The number of thiophene rings is 1. The molecule has 0 bridgehead atoms. The molecule has 0 saturated carbocycles. The average Bonchev–Trinajstić information content (AvgIpc) is 2.89. The minimum Gasteiger partial charge on any atom is -0.481 e. The number of hydrogen-bond acceptors (Lipinski definition) is 6. The normalized spacial score (nSPS) is 10.6. The molecule has 0 aliphatic rings. The van der Waals surface area contributed by atoms with Crippen molar-refractivity contribution in [3.63, 3.8) is 0 Å². The summed E-state index contributed by atoms with van der Waals surface area (Å²) in [6.45, 7) is 1.48. The molecule has 0 fully saturated rings. The molecule has 20 heavy (non-hydrogen) atoms. The highest BCUT2D eigenvalue weighted by Gasteiger charge is 2.12. The molecule has 0 aliphatic carbocycles. The van der Waals surface area contributed by atoms with Gasteiger partial charge in [-0.05, 0) is 34.5 Å². The van der Waals surface area contributed by atoms with Crippen molar-refractivity contribution in [2.45, 2.75) is 13.0 Å². The third-order valence-corrected chi connectivity index (χ3v) is 4.42. The van der Waals surface area contributed by atoms with Crippen LogP contribution in [0, 0.1) is 0 Å².